The summed E-state index contributed by atoms with van der Waals surface area (Å²) in [6.07, 6.45) is 0. The van der Waals surface area contributed by atoms with Gasteiger partial charge in [0.05, 0.1) is 13.2 Å². The third-order valence-corrected chi connectivity index (χ3v) is 3.52. The zero-order valence-corrected chi connectivity index (χ0v) is 13.1. The van der Waals surface area contributed by atoms with Crippen molar-refractivity contribution in [3.05, 3.63) is 64.2 Å². The highest BCUT2D eigenvalue weighted by Crippen LogP contribution is 2.26. The number of hydrogen-bond donors (Lipinski definition) is 1. The van der Waals surface area contributed by atoms with E-state index in [1.54, 1.807) is 31.4 Å². The van der Waals surface area contributed by atoms with Crippen molar-refractivity contribution in [1.29, 1.82) is 0 Å². The van der Waals surface area contributed by atoms with Crippen molar-refractivity contribution in [2.75, 3.05) is 7.11 Å². The van der Waals surface area contributed by atoms with E-state index in [0.29, 0.717) is 10.6 Å². The molecular formula is C17H18ClNO2. The molecule has 0 heterocycles. The molecule has 2 aromatic carbocycles. The van der Waals surface area contributed by atoms with Crippen LogP contribution < -0.4 is 10.1 Å². The van der Waals surface area contributed by atoms with E-state index in [1.807, 2.05) is 32.0 Å². The van der Waals surface area contributed by atoms with Gasteiger partial charge in [-0.3, -0.25) is 4.79 Å². The van der Waals surface area contributed by atoms with Crippen LogP contribution in [0.3, 0.4) is 0 Å². The van der Waals surface area contributed by atoms with E-state index in [1.165, 1.54) is 0 Å². The molecule has 0 spiro atoms. The second-order valence-corrected chi connectivity index (χ2v) is 5.39. The Bertz CT molecular complexity index is 655. The number of ether oxygens (including phenoxy) is 1. The van der Waals surface area contributed by atoms with Crippen molar-refractivity contribution in [1.82, 2.24) is 5.32 Å². The molecule has 110 valence electrons. The van der Waals surface area contributed by atoms with Crippen molar-refractivity contribution in [3.8, 4) is 5.75 Å². The first-order valence-electron chi connectivity index (χ1n) is 6.72. The molecule has 2 rings (SSSR count). The van der Waals surface area contributed by atoms with Crippen molar-refractivity contribution >= 4 is 17.5 Å². The van der Waals surface area contributed by atoms with Gasteiger partial charge in [0.15, 0.2) is 0 Å². The fourth-order valence-electron chi connectivity index (χ4n) is 2.18. The number of methoxy groups -OCH3 is 1. The van der Waals surface area contributed by atoms with E-state index in [0.717, 1.165) is 16.9 Å². The minimum Gasteiger partial charge on any atom is -0.496 e. The standard InChI is InChI=1S/C17H18ClNO2/c1-11-7-8-16(21-3)15(9-11)12(2)19-17(20)13-5-4-6-14(18)10-13/h4-10,12H,1-3H3,(H,19,20). The molecule has 0 aliphatic rings. The smallest absolute Gasteiger partial charge is 0.251 e. The number of halogens is 1. The van der Waals surface area contributed by atoms with E-state index in [-0.39, 0.29) is 11.9 Å². The van der Waals surface area contributed by atoms with E-state index >= 15 is 0 Å². The Kier molecular flexibility index (Phi) is 4.86. The molecule has 4 heteroatoms. The lowest BCUT2D eigenvalue weighted by Crippen LogP contribution is -2.27. The Morgan fingerprint density at radius 1 is 1.24 bits per heavy atom. The second-order valence-electron chi connectivity index (χ2n) is 4.95. The van der Waals surface area contributed by atoms with Gasteiger partial charge in [0.2, 0.25) is 0 Å². The molecule has 0 saturated heterocycles. The molecule has 0 bridgehead atoms. The summed E-state index contributed by atoms with van der Waals surface area (Å²) in [4.78, 5) is 12.3. The lowest BCUT2D eigenvalue weighted by atomic mass is 10.0. The zero-order valence-electron chi connectivity index (χ0n) is 12.3. The molecule has 2 aromatic rings. The largest absolute Gasteiger partial charge is 0.496 e. The van der Waals surface area contributed by atoms with Crippen LogP contribution in [0.2, 0.25) is 5.02 Å². The Labute approximate surface area is 129 Å². The van der Waals surface area contributed by atoms with Crippen molar-refractivity contribution < 1.29 is 9.53 Å². The Hall–Kier alpha value is -2.00. The molecule has 0 aliphatic heterocycles. The second kappa shape index (κ2) is 6.64. The minimum atomic E-state index is -0.161. The predicted molar refractivity (Wildman–Crippen MR) is 85.1 cm³/mol. The molecule has 3 nitrogen and oxygen atoms in total. The van der Waals surface area contributed by atoms with Crippen molar-refractivity contribution in [3.63, 3.8) is 0 Å². The van der Waals surface area contributed by atoms with Gasteiger partial charge in [0, 0.05) is 16.1 Å². The summed E-state index contributed by atoms with van der Waals surface area (Å²) in [5.41, 5.74) is 2.61. The number of benzene rings is 2. The van der Waals surface area contributed by atoms with Gasteiger partial charge >= 0.3 is 0 Å². The first kappa shape index (κ1) is 15.4. The number of carbonyl (C=O) groups excluding carboxylic acids is 1. The van der Waals surface area contributed by atoms with Gasteiger partial charge in [-0.2, -0.15) is 0 Å². The van der Waals surface area contributed by atoms with E-state index < -0.39 is 0 Å². The first-order valence-corrected chi connectivity index (χ1v) is 7.10. The summed E-state index contributed by atoms with van der Waals surface area (Å²) in [7, 11) is 1.62. The van der Waals surface area contributed by atoms with Gasteiger partial charge in [-0.15, -0.1) is 0 Å². The summed E-state index contributed by atoms with van der Waals surface area (Å²) in [6.45, 7) is 3.94. The maximum atomic E-state index is 12.3. The van der Waals surface area contributed by atoms with Crippen LogP contribution in [0, 0.1) is 6.92 Å². The van der Waals surface area contributed by atoms with Crippen LogP contribution in [0.4, 0.5) is 0 Å². The van der Waals surface area contributed by atoms with Crippen LogP contribution in [0.1, 0.15) is 34.5 Å². The minimum absolute atomic E-state index is 0.159. The lowest BCUT2D eigenvalue weighted by Gasteiger charge is -2.18. The summed E-state index contributed by atoms with van der Waals surface area (Å²) >= 11 is 5.91. The Morgan fingerprint density at radius 2 is 2.00 bits per heavy atom. The van der Waals surface area contributed by atoms with Crippen LogP contribution in [0.25, 0.3) is 0 Å². The fraction of sp³-hybridized carbons (Fsp3) is 0.235. The molecule has 0 aromatic heterocycles. The lowest BCUT2D eigenvalue weighted by molar-refractivity contribution is 0.0939. The summed E-state index contributed by atoms with van der Waals surface area (Å²) in [6, 6.07) is 12.6. The van der Waals surface area contributed by atoms with E-state index in [2.05, 4.69) is 5.32 Å². The number of nitrogens with one attached hydrogen (secondary N) is 1. The summed E-state index contributed by atoms with van der Waals surface area (Å²) < 4.78 is 5.36. The van der Waals surface area contributed by atoms with Gasteiger partial charge in [-0.1, -0.05) is 35.4 Å². The highest BCUT2D eigenvalue weighted by molar-refractivity contribution is 6.30. The fourth-order valence-corrected chi connectivity index (χ4v) is 2.37. The third-order valence-electron chi connectivity index (χ3n) is 3.29. The van der Waals surface area contributed by atoms with E-state index in [4.69, 9.17) is 16.3 Å². The highest BCUT2D eigenvalue weighted by Gasteiger charge is 2.15. The normalized spacial score (nSPS) is 11.8. The van der Waals surface area contributed by atoms with Gasteiger partial charge in [-0.25, -0.2) is 0 Å². The predicted octanol–water partition coefficient (Wildman–Crippen LogP) is 4.15. The first-order chi connectivity index (χ1) is 10.0. The molecule has 0 fully saturated rings. The van der Waals surface area contributed by atoms with Crippen LogP contribution in [0.5, 0.6) is 5.75 Å². The van der Waals surface area contributed by atoms with Crippen LogP contribution in [0.15, 0.2) is 42.5 Å². The average molecular weight is 304 g/mol. The number of hydrogen-bond acceptors (Lipinski definition) is 2. The SMILES string of the molecule is COc1ccc(C)cc1C(C)NC(=O)c1cccc(Cl)c1. The summed E-state index contributed by atoms with van der Waals surface area (Å²) in [5.74, 6) is 0.605. The van der Waals surface area contributed by atoms with E-state index in [9.17, 15) is 4.79 Å². The monoisotopic (exact) mass is 303 g/mol. The molecule has 0 radical (unpaired) electrons. The molecular weight excluding hydrogens is 286 g/mol. The molecule has 1 N–H and O–H groups in total. The zero-order chi connectivity index (χ0) is 15.4. The van der Waals surface area contributed by atoms with Gasteiger partial charge in [-0.05, 0) is 38.1 Å². The van der Waals surface area contributed by atoms with Crippen LogP contribution >= 0.6 is 11.6 Å². The van der Waals surface area contributed by atoms with Crippen LogP contribution in [-0.2, 0) is 0 Å². The Balaban J connectivity index is 2.20. The van der Waals surface area contributed by atoms with Gasteiger partial charge in [0.25, 0.3) is 5.91 Å². The van der Waals surface area contributed by atoms with Crippen molar-refractivity contribution in [2.24, 2.45) is 0 Å². The molecule has 1 atom stereocenters. The molecule has 21 heavy (non-hydrogen) atoms. The maximum Gasteiger partial charge on any atom is 0.251 e. The maximum absolute atomic E-state index is 12.3. The van der Waals surface area contributed by atoms with Gasteiger partial charge < -0.3 is 10.1 Å². The Morgan fingerprint density at radius 3 is 2.67 bits per heavy atom. The topological polar surface area (TPSA) is 38.3 Å². The quantitative estimate of drug-likeness (QED) is 0.921. The number of amides is 1. The third kappa shape index (κ3) is 3.76. The molecule has 1 amide bonds. The summed E-state index contributed by atoms with van der Waals surface area (Å²) in [5, 5.41) is 3.51. The average Bonchev–Trinajstić information content (AvgIpc) is 2.47. The number of aryl methyl sites for hydroxylation is 1. The van der Waals surface area contributed by atoms with Gasteiger partial charge in [0.1, 0.15) is 5.75 Å². The van der Waals surface area contributed by atoms with Crippen molar-refractivity contribution in [2.45, 2.75) is 19.9 Å². The molecule has 1 unspecified atom stereocenters. The highest BCUT2D eigenvalue weighted by atomic mass is 35.5. The number of carbonyl (C=O) groups is 1. The molecule has 0 saturated carbocycles. The number of rotatable bonds is 4. The molecule has 0 aliphatic carbocycles. The van der Waals surface area contributed by atoms with Crippen LogP contribution in [-0.4, -0.2) is 13.0 Å².